The smallest absolute Gasteiger partial charge is 0.0455 e. The van der Waals surface area contributed by atoms with Gasteiger partial charge in [0, 0.05) is 42.0 Å². The number of piperazine rings is 1. The molecular weight excluding hydrogens is 204 g/mol. The molecule has 1 N–H and O–H groups in total. The minimum atomic E-state index is 1.10. The van der Waals surface area contributed by atoms with Crippen LogP contribution in [0, 0.1) is 0 Å². The van der Waals surface area contributed by atoms with Gasteiger partial charge in [-0.15, -0.1) is 11.3 Å². The van der Waals surface area contributed by atoms with Crippen molar-refractivity contribution in [2.45, 2.75) is 0 Å². The van der Waals surface area contributed by atoms with Crippen molar-refractivity contribution >= 4 is 27.1 Å². The summed E-state index contributed by atoms with van der Waals surface area (Å²) in [6.07, 6.45) is 0. The molecule has 3 rings (SSSR count). The van der Waals surface area contributed by atoms with E-state index in [4.69, 9.17) is 0 Å². The van der Waals surface area contributed by atoms with Crippen molar-refractivity contribution in [3.05, 3.63) is 29.6 Å². The van der Waals surface area contributed by atoms with Crippen molar-refractivity contribution in [1.29, 1.82) is 0 Å². The molecule has 0 bridgehead atoms. The molecule has 0 aliphatic carbocycles. The van der Waals surface area contributed by atoms with Gasteiger partial charge in [-0.3, -0.25) is 0 Å². The molecule has 0 radical (unpaired) electrons. The molecule has 2 heterocycles. The Labute approximate surface area is 93.5 Å². The lowest BCUT2D eigenvalue weighted by Crippen LogP contribution is -2.43. The summed E-state index contributed by atoms with van der Waals surface area (Å²) < 4.78 is 1.39. The van der Waals surface area contributed by atoms with Crippen LogP contribution in [0.1, 0.15) is 0 Å². The Hall–Kier alpha value is -1.06. The zero-order chi connectivity index (χ0) is 10.1. The van der Waals surface area contributed by atoms with Crippen LogP contribution >= 0.6 is 11.3 Å². The molecule has 2 nitrogen and oxygen atoms in total. The monoisotopic (exact) mass is 218 g/mol. The maximum Gasteiger partial charge on any atom is 0.0455 e. The van der Waals surface area contributed by atoms with Gasteiger partial charge in [0.2, 0.25) is 0 Å². The molecule has 3 heteroatoms. The third-order valence-corrected chi connectivity index (χ3v) is 3.81. The van der Waals surface area contributed by atoms with E-state index in [9.17, 15) is 0 Å². The average molecular weight is 218 g/mol. The van der Waals surface area contributed by atoms with E-state index in [0.717, 1.165) is 26.2 Å². The molecule has 0 spiro atoms. The van der Waals surface area contributed by atoms with Gasteiger partial charge in [0.1, 0.15) is 0 Å². The number of nitrogens with one attached hydrogen (secondary N) is 1. The molecule has 1 aromatic heterocycles. The number of anilines is 1. The fraction of sp³-hybridized carbons (Fsp3) is 0.333. The second-order valence-electron chi connectivity index (χ2n) is 3.85. The van der Waals surface area contributed by atoms with Gasteiger partial charge in [0.15, 0.2) is 0 Å². The highest BCUT2D eigenvalue weighted by molar-refractivity contribution is 7.17. The first-order valence-corrected chi connectivity index (χ1v) is 6.25. The normalized spacial score (nSPS) is 17.2. The summed E-state index contributed by atoms with van der Waals surface area (Å²) in [7, 11) is 0. The van der Waals surface area contributed by atoms with Crippen molar-refractivity contribution < 1.29 is 0 Å². The van der Waals surface area contributed by atoms with Gasteiger partial charge in [0.25, 0.3) is 0 Å². The predicted molar refractivity (Wildman–Crippen MR) is 66.9 cm³/mol. The van der Waals surface area contributed by atoms with Crippen molar-refractivity contribution in [1.82, 2.24) is 5.32 Å². The Morgan fingerprint density at radius 3 is 2.87 bits per heavy atom. The SMILES string of the molecule is c1cc(N2CCNCC2)c2ccsc2c1. The van der Waals surface area contributed by atoms with E-state index in [0.29, 0.717) is 0 Å². The lowest BCUT2D eigenvalue weighted by atomic mass is 10.2. The Kier molecular flexibility index (Phi) is 2.35. The number of nitrogens with zero attached hydrogens (tertiary/aromatic N) is 1. The minimum Gasteiger partial charge on any atom is -0.368 e. The molecule has 15 heavy (non-hydrogen) atoms. The first kappa shape index (κ1) is 9.19. The third kappa shape index (κ3) is 1.62. The van der Waals surface area contributed by atoms with Crippen molar-refractivity contribution in [2.24, 2.45) is 0 Å². The Morgan fingerprint density at radius 2 is 2.00 bits per heavy atom. The summed E-state index contributed by atoms with van der Waals surface area (Å²) in [5, 5.41) is 6.97. The maximum atomic E-state index is 3.39. The first-order chi connectivity index (χ1) is 7.45. The van der Waals surface area contributed by atoms with E-state index in [1.54, 1.807) is 0 Å². The number of rotatable bonds is 1. The lowest BCUT2D eigenvalue weighted by Gasteiger charge is -2.30. The van der Waals surface area contributed by atoms with E-state index in [1.165, 1.54) is 15.8 Å². The van der Waals surface area contributed by atoms with E-state index < -0.39 is 0 Å². The largest absolute Gasteiger partial charge is 0.368 e. The van der Waals surface area contributed by atoms with Crippen LogP contribution in [-0.2, 0) is 0 Å². The van der Waals surface area contributed by atoms with Crippen LogP contribution in [0.4, 0.5) is 5.69 Å². The topological polar surface area (TPSA) is 15.3 Å². The molecule has 0 unspecified atom stereocenters. The first-order valence-electron chi connectivity index (χ1n) is 5.37. The standard InChI is InChI=1S/C12H14N2S/c1-2-11(14-7-5-13-6-8-14)10-4-9-15-12(10)3-1/h1-4,9,13H,5-8H2. The molecule has 0 atom stereocenters. The Balaban J connectivity index is 2.05. The molecule has 0 saturated carbocycles. The zero-order valence-electron chi connectivity index (χ0n) is 8.57. The van der Waals surface area contributed by atoms with Gasteiger partial charge < -0.3 is 10.2 Å². The second-order valence-corrected chi connectivity index (χ2v) is 4.79. The molecule has 1 aliphatic rings. The molecule has 1 aromatic carbocycles. The van der Waals surface area contributed by atoms with Crippen molar-refractivity contribution in [3.8, 4) is 0 Å². The predicted octanol–water partition coefficient (Wildman–Crippen LogP) is 2.31. The molecular formula is C12H14N2S. The van der Waals surface area contributed by atoms with Gasteiger partial charge in [-0.05, 0) is 23.6 Å². The van der Waals surface area contributed by atoms with Crippen LogP contribution in [0.2, 0.25) is 0 Å². The summed E-state index contributed by atoms with van der Waals surface area (Å²) in [5.74, 6) is 0. The van der Waals surface area contributed by atoms with Gasteiger partial charge in [-0.2, -0.15) is 0 Å². The summed E-state index contributed by atoms with van der Waals surface area (Å²) in [6.45, 7) is 4.44. The number of fused-ring (bicyclic) bond motifs is 1. The minimum absolute atomic E-state index is 1.10. The summed E-state index contributed by atoms with van der Waals surface area (Å²) in [4.78, 5) is 2.48. The van der Waals surface area contributed by atoms with Gasteiger partial charge in [-0.1, -0.05) is 6.07 Å². The number of thiophene rings is 1. The fourth-order valence-corrected chi connectivity index (χ4v) is 2.97. The number of hydrogen-bond donors (Lipinski definition) is 1. The summed E-state index contributed by atoms with van der Waals surface area (Å²) >= 11 is 1.82. The summed E-state index contributed by atoms with van der Waals surface area (Å²) in [6, 6.07) is 8.83. The fourth-order valence-electron chi connectivity index (χ4n) is 2.16. The van der Waals surface area contributed by atoms with Gasteiger partial charge in [-0.25, -0.2) is 0 Å². The van der Waals surface area contributed by atoms with E-state index in [-0.39, 0.29) is 0 Å². The van der Waals surface area contributed by atoms with E-state index in [2.05, 4.69) is 39.9 Å². The Bertz CT molecular complexity index is 457. The lowest BCUT2D eigenvalue weighted by molar-refractivity contribution is 0.590. The van der Waals surface area contributed by atoms with E-state index in [1.807, 2.05) is 11.3 Å². The van der Waals surface area contributed by atoms with Crippen LogP contribution in [0.15, 0.2) is 29.6 Å². The van der Waals surface area contributed by atoms with E-state index >= 15 is 0 Å². The van der Waals surface area contributed by atoms with Crippen LogP contribution in [0.25, 0.3) is 10.1 Å². The maximum absolute atomic E-state index is 3.39. The van der Waals surface area contributed by atoms with Gasteiger partial charge >= 0.3 is 0 Å². The molecule has 1 saturated heterocycles. The molecule has 78 valence electrons. The quantitative estimate of drug-likeness (QED) is 0.790. The average Bonchev–Trinajstić information content (AvgIpc) is 2.78. The third-order valence-electron chi connectivity index (χ3n) is 2.93. The molecule has 2 aromatic rings. The van der Waals surface area contributed by atoms with Crippen molar-refractivity contribution in [3.63, 3.8) is 0 Å². The second kappa shape index (κ2) is 3.83. The highest BCUT2D eigenvalue weighted by Gasteiger charge is 2.12. The highest BCUT2D eigenvalue weighted by Crippen LogP contribution is 2.30. The summed E-state index contributed by atoms with van der Waals surface area (Å²) in [5.41, 5.74) is 1.40. The molecule has 0 amide bonds. The van der Waals surface area contributed by atoms with Crippen LogP contribution in [0.5, 0.6) is 0 Å². The zero-order valence-corrected chi connectivity index (χ0v) is 9.39. The van der Waals surface area contributed by atoms with Gasteiger partial charge in [0.05, 0.1) is 0 Å². The van der Waals surface area contributed by atoms with Crippen LogP contribution in [0.3, 0.4) is 0 Å². The number of benzene rings is 1. The van der Waals surface area contributed by atoms with Crippen molar-refractivity contribution in [2.75, 3.05) is 31.1 Å². The molecule has 1 fully saturated rings. The van der Waals surface area contributed by atoms with Crippen LogP contribution in [-0.4, -0.2) is 26.2 Å². The highest BCUT2D eigenvalue weighted by atomic mass is 32.1. The number of hydrogen-bond acceptors (Lipinski definition) is 3. The Morgan fingerprint density at radius 1 is 1.13 bits per heavy atom. The van der Waals surface area contributed by atoms with Crippen LogP contribution < -0.4 is 10.2 Å². The molecule has 1 aliphatic heterocycles.